The lowest BCUT2D eigenvalue weighted by molar-refractivity contribution is 0.0996. The van der Waals surface area contributed by atoms with Gasteiger partial charge in [-0.2, -0.15) is 0 Å². The number of carbonyl (C=O) groups excluding carboxylic acids is 1. The lowest BCUT2D eigenvalue weighted by Gasteiger charge is -2.01. The van der Waals surface area contributed by atoms with Crippen molar-refractivity contribution in [3.05, 3.63) is 46.0 Å². The van der Waals surface area contributed by atoms with Gasteiger partial charge >= 0.3 is 0 Å². The minimum atomic E-state index is 0.0988. The highest BCUT2D eigenvalue weighted by Gasteiger charge is 2.13. The van der Waals surface area contributed by atoms with Crippen molar-refractivity contribution in [3.8, 4) is 0 Å². The van der Waals surface area contributed by atoms with Crippen LogP contribution in [0.1, 0.15) is 33.4 Å². The van der Waals surface area contributed by atoms with Gasteiger partial charge in [0.05, 0.1) is 5.69 Å². The van der Waals surface area contributed by atoms with Gasteiger partial charge < -0.3 is 0 Å². The van der Waals surface area contributed by atoms with Crippen LogP contribution >= 0.6 is 11.5 Å². The summed E-state index contributed by atoms with van der Waals surface area (Å²) in [5.74, 6) is 0.0988. The monoisotopic (exact) mass is 246 g/mol. The number of benzene rings is 1. The Labute approximate surface area is 105 Å². The quantitative estimate of drug-likeness (QED) is 0.779. The molecule has 17 heavy (non-hydrogen) atoms. The van der Waals surface area contributed by atoms with Gasteiger partial charge in [-0.25, -0.2) is 0 Å². The van der Waals surface area contributed by atoms with Gasteiger partial charge in [-0.15, -0.1) is 5.10 Å². The molecule has 0 N–H and O–H groups in total. The third-order valence-electron chi connectivity index (χ3n) is 2.70. The van der Waals surface area contributed by atoms with E-state index in [1.165, 1.54) is 17.1 Å². The predicted octanol–water partition coefficient (Wildman–Crippen LogP) is 2.83. The average Bonchev–Trinajstić information content (AvgIpc) is 2.76. The fraction of sp³-hybridized carbons (Fsp3) is 0.308. The fourth-order valence-corrected chi connectivity index (χ4v) is 2.24. The number of aryl methyl sites for hydroxylation is 2. The first-order chi connectivity index (χ1) is 8.20. The smallest absolute Gasteiger partial charge is 0.180 e. The third-order valence-corrected chi connectivity index (χ3v) is 3.57. The van der Waals surface area contributed by atoms with Gasteiger partial charge in [-0.05, 0) is 36.0 Å². The molecule has 2 rings (SSSR count). The van der Waals surface area contributed by atoms with Gasteiger partial charge in [0.25, 0.3) is 0 Å². The van der Waals surface area contributed by atoms with Gasteiger partial charge in [0.15, 0.2) is 5.78 Å². The van der Waals surface area contributed by atoms with Crippen LogP contribution in [0.15, 0.2) is 24.3 Å². The molecule has 1 aromatic carbocycles. The first kappa shape index (κ1) is 11.9. The number of rotatable bonds is 4. The van der Waals surface area contributed by atoms with Crippen LogP contribution in [0.2, 0.25) is 0 Å². The molecule has 0 radical (unpaired) electrons. The maximum absolute atomic E-state index is 12.0. The number of ketones is 1. The van der Waals surface area contributed by atoms with Gasteiger partial charge in [0.2, 0.25) is 0 Å². The minimum absolute atomic E-state index is 0.0988. The lowest BCUT2D eigenvalue weighted by atomic mass is 10.0. The molecule has 0 atom stereocenters. The van der Waals surface area contributed by atoms with Gasteiger partial charge in [-0.3, -0.25) is 4.79 Å². The Morgan fingerprint density at radius 2 is 1.88 bits per heavy atom. The standard InChI is InChI=1S/C13H14N2OS/c1-3-10-4-6-11(7-5-10)8-12(16)13-9(2)14-15-17-13/h4-7H,3,8H2,1-2H3. The Hall–Kier alpha value is -1.55. The molecule has 0 saturated carbocycles. The molecule has 3 nitrogen and oxygen atoms in total. The summed E-state index contributed by atoms with van der Waals surface area (Å²) in [7, 11) is 0. The average molecular weight is 246 g/mol. The van der Waals surface area contributed by atoms with Crippen molar-refractivity contribution in [3.63, 3.8) is 0 Å². The molecule has 0 unspecified atom stereocenters. The topological polar surface area (TPSA) is 42.9 Å². The van der Waals surface area contributed by atoms with E-state index in [0.29, 0.717) is 11.3 Å². The van der Waals surface area contributed by atoms with Crippen molar-refractivity contribution in [2.45, 2.75) is 26.7 Å². The molecule has 1 heterocycles. The highest BCUT2D eigenvalue weighted by Crippen LogP contribution is 2.14. The van der Waals surface area contributed by atoms with Gasteiger partial charge in [0, 0.05) is 6.42 Å². The normalized spacial score (nSPS) is 10.5. The Morgan fingerprint density at radius 3 is 2.41 bits per heavy atom. The molecule has 1 aromatic heterocycles. The van der Waals surface area contributed by atoms with Crippen LogP contribution < -0.4 is 0 Å². The summed E-state index contributed by atoms with van der Waals surface area (Å²) in [5.41, 5.74) is 3.06. The number of hydrogen-bond acceptors (Lipinski definition) is 4. The zero-order valence-corrected chi connectivity index (χ0v) is 10.8. The largest absolute Gasteiger partial charge is 0.293 e. The molecule has 0 aliphatic rings. The van der Waals surface area contributed by atoms with E-state index in [-0.39, 0.29) is 5.78 Å². The highest BCUT2D eigenvalue weighted by molar-refractivity contribution is 7.08. The molecule has 0 amide bonds. The van der Waals surface area contributed by atoms with Crippen molar-refractivity contribution >= 4 is 17.3 Å². The SMILES string of the molecule is CCc1ccc(CC(=O)c2snnc2C)cc1. The van der Waals surface area contributed by atoms with Crippen molar-refractivity contribution < 1.29 is 4.79 Å². The van der Waals surface area contributed by atoms with E-state index in [1.54, 1.807) is 0 Å². The van der Waals surface area contributed by atoms with Crippen molar-refractivity contribution in [1.29, 1.82) is 0 Å². The summed E-state index contributed by atoms with van der Waals surface area (Å²) in [4.78, 5) is 12.7. The zero-order chi connectivity index (χ0) is 12.3. The Kier molecular flexibility index (Phi) is 3.64. The summed E-state index contributed by atoms with van der Waals surface area (Å²) in [6, 6.07) is 8.17. The first-order valence-electron chi connectivity index (χ1n) is 5.60. The fourth-order valence-electron chi connectivity index (χ4n) is 1.65. The maximum Gasteiger partial charge on any atom is 0.180 e. The minimum Gasteiger partial charge on any atom is -0.293 e. The van der Waals surface area contributed by atoms with E-state index < -0.39 is 0 Å². The number of Topliss-reactive ketones (excluding diaryl/α,β-unsaturated/α-hetero) is 1. The van der Waals surface area contributed by atoms with Crippen LogP contribution in [-0.2, 0) is 12.8 Å². The van der Waals surface area contributed by atoms with Gasteiger partial charge in [-0.1, -0.05) is 35.7 Å². The van der Waals surface area contributed by atoms with E-state index in [0.717, 1.165) is 17.7 Å². The molecule has 0 aliphatic carbocycles. The molecule has 88 valence electrons. The van der Waals surface area contributed by atoms with E-state index in [1.807, 2.05) is 19.1 Å². The first-order valence-corrected chi connectivity index (χ1v) is 6.38. The number of hydrogen-bond donors (Lipinski definition) is 0. The molecular weight excluding hydrogens is 232 g/mol. The van der Waals surface area contributed by atoms with E-state index in [2.05, 4.69) is 28.6 Å². The molecule has 0 spiro atoms. The molecule has 2 aromatic rings. The third kappa shape index (κ3) is 2.77. The summed E-state index contributed by atoms with van der Waals surface area (Å²) in [6.07, 6.45) is 1.45. The summed E-state index contributed by atoms with van der Waals surface area (Å²) < 4.78 is 3.78. The Bertz CT molecular complexity index is 516. The second-order valence-electron chi connectivity index (χ2n) is 3.96. The van der Waals surface area contributed by atoms with Crippen molar-refractivity contribution in [2.24, 2.45) is 0 Å². The van der Waals surface area contributed by atoms with Crippen LogP contribution in [0, 0.1) is 6.92 Å². The van der Waals surface area contributed by atoms with E-state index in [4.69, 9.17) is 0 Å². The molecule has 4 heteroatoms. The second-order valence-corrected chi connectivity index (χ2v) is 4.71. The second kappa shape index (κ2) is 5.19. The molecule has 0 bridgehead atoms. The molecular formula is C13H14N2OS. The van der Waals surface area contributed by atoms with E-state index >= 15 is 0 Å². The van der Waals surface area contributed by atoms with Gasteiger partial charge in [0.1, 0.15) is 4.88 Å². The Morgan fingerprint density at radius 1 is 1.24 bits per heavy atom. The number of nitrogens with zero attached hydrogens (tertiary/aromatic N) is 2. The predicted molar refractivity (Wildman–Crippen MR) is 68.5 cm³/mol. The van der Waals surface area contributed by atoms with Crippen molar-refractivity contribution in [1.82, 2.24) is 9.59 Å². The maximum atomic E-state index is 12.0. The van der Waals surface area contributed by atoms with Crippen LogP contribution in [0.4, 0.5) is 0 Å². The van der Waals surface area contributed by atoms with Crippen LogP contribution in [-0.4, -0.2) is 15.4 Å². The van der Waals surface area contributed by atoms with E-state index in [9.17, 15) is 4.79 Å². The lowest BCUT2D eigenvalue weighted by Crippen LogP contribution is -2.03. The molecule has 0 saturated heterocycles. The van der Waals surface area contributed by atoms with Crippen LogP contribution in [0.3, 0.4) is 0 Å². The zero-order valence-electron chi connectivity index (χ0n) is 9.93. The molecule has 0 fully saturated rings. The number of carbonyl (C=O) groups is 1. The summed E-state index contributed by atoms with van der Waals surface area (Å²) in [6.45, 7) is 3.93. The molecule has 0 aliphatic heterocycles. The summed E-state index contributed by atoms with van der Waals surface area (Å²) in [5, 5.41) is 3.85. The van der Waals surface area contributed by atoms with Crippen LogP contribution in [0.5, 0.6) is 0 Å². The van der Waals surface area contributed by atoms with Crippen molar-refractivity contribution in [2.75, 3.05) is 0 Å². The highest BCUT2D eigenvalue weighted by atomic mass is 32.1. The Balaban J connectivity index is 2.10. The van der Waals surface area contributed by atoms with Crippen LogP contribution in [0.25, 0.3) is 0 Å². The number of aromatic nitrogens is 2. The summed E-state index contributed by atoms with van der Waals surface area (Å²) >= 11 is 1.17.